The number of carbonyl (C=O) groups excluding carboxylic acids is 1. The van der Waals surface area contributed by atoms with E-state index < -0.39 is 18.2 Å². The van der Waals surface area contributed by atoms with Gasteiger partial charge in [-0.3, -0.25) is 4.79 Å². The molecule has 128 valence electrons. The lowest BCUT2D eigenvalue weighted by atomic mass is 10.1. The monoisotopic (exact) mass is 340 g/mol. The third-order valence-corrected chi connectivity index (χ3v) is 3.93. The average Bonchev–Trinajstić information content (AvgIpc) is 3.23. The molecule has 0 aliphatic heterocycles. The molecule has 9 heteroatoms. The third kappa shape index (κ3) is 3.50. The van der Waals surface area contributed by atoms with Crippen LogP contribution in [-0.4, -0.2) is 27.3 Å². The number of aromatic nitrogens is 3. The SMILES string of the molecule is CC(C(=O)Nc1cc(F)c(OC(F)F)cc1-n1cncn1)C1CC1. The van der Waals surface area contributed by atoms with Gasteiger partial charge in [-0.25, -0.2) is 14.1 Å². The zero-order chi connectivity index (χ0) is 17.3. The zero-order valence-corrected chi connectivity index (χ0v) is 12.7. The van der Waals surface area contributed by atoms with Crippen LogP contribution in [0.4, 0.5) is 18.9 Å². The summed E-state index contributed by atoms with van der Waals surface area (Å²) in [7, 11) is 0. The molecule has 1 saturated carbocycles. The standard InChI is InChI=1S/C15H15F3N4O2/c1-8(9-2-3-9)14(23)21-11-4-10(16)13(24-15(17)18)5-12(11)22-7-19-6-20-22/h4-9,15H,2-3H2,1H3,(H,21,23). The number of alkyl halides is 2. The van der Waals surface area contributed by atoms with Crippen LogP contribution in [0.3, 0.4) is 0 Å². The van der Waals surface area contributed by atoms with E-state index in [1.807, 2.05) is 0 Å². The molecule has 3 rings (SSSR count). The van der Waals surface area contributed by atoms with Crippen molar-refractivity contribution in [2.75, 3.05) is 5.32 Å². The van der Waals surface area contributed by atoms with Crippen molar-refractivity contribution in [2.24, 2.45) is 11.8 Å². The van der Waals surface area contributed by atoms with Gasteiger partial charge in [-0.05, 0) is 18.8 Å². The molecule has 1 aliphatic rings. The molecule has 6 nitrogen and oxygen atoms in total. The molecule has 0 saturated heterocycles. The first-order chi connectivity index (χ1) is 11.5. The molecule has 0 spiro atoms. The van der Waals surface area contributed by atoms with Crippen LogP contribution in [0.5, 0.6) is 5.75 Å². The summed E-state index contributed by atoms with van der Waals surface area (Å²) in [5, 5.41) is 6.52. The predicted octanol–water partition coefficient (Wildman–Crippen LogP) is 2.99. The molecule has 1 fully saturated rings. The van der Waals surface area contributed by atoms with Crippen LogP contribution in [0.1, 0.15) is 19.8 Å². The van der Waals surface area contributed by atoms with Crippen molar-refractivity contribution in [3.05, 3.63) is 30.6 Å². The van der Waals surface area contributed by atoms with Crippen LogP contribution in [0.2, 0.25) is 0 Å². The number of nitrogens with zero attached hydrogens (tertiary/aromatic N) is 3. The fourth-order valence-electron chi connectivity index (χ4n) is 2.41. The number of hydrogen-bond donors (Lipinski definition) is 1. The Morgan fingerprint density at radius 1 is 1.42 bits per heavy atom. The van der Waals surface area contributed by atoms with Crippen molar-refractivity contribution < 1.29 is 22.7 Å². The van der Waals surface area contributed by atoms with E-state index in [9.17, 15) is 18.0 Å². The van der Waals surface area contributed by atoms with E-state index in [1.54, 1.807) is 6.92 Å². The van der Waals surface area contributed by atoms with Crippen molar-refractivity contribution in [3.8, 4) is 11.4 Å². The Labute approximate surface area is 135 Å². The summed E-state index contributed by atoms with van der Waals surface area (Å²) >= 11 is 0. The largest absolute Gasteiger partial charge is 0.432 e. The van der Waals surface area contributed by atoms with Crippen molar-refractivity contribution in [2.45, 2.75) is 26.4 Å². The number of hydrogen-bond acceptors (Lipinski definition) is 4. The molecule has 1 atom stereocenters. The second-order valence-corrected chi connectivity index (χ2v) is 5.63. The second kappa shape index (κ2) is 6.50. The predicted molar refractivity (Wildman–Crippen MR) is 78.5 cm³/mol. The number of rotatable bonds is 6. The summed E-state index contributed by atoms with van der Waals surface area (Å²) in [5.41, 5.74) is 0.290. The molecule has 0 radical (unpaired) electrons. The van der Waals surface area contributed by atoms with Gasteiger partial charge >= 0.3 is 6.61 Å². The first kappa shape index (κ1) is 16.3. The number of benzene rings is 1. The maximum absolute atomic E-state index is 14.0. The Morgan fingerprint density at radius 3 is 2.75 bits per heavy atom. The van der Waals surface area contributed by atoms with Gasteiger partial charge in [0.15, 0.2) is 11.6 Å². The first-order valence-corrected chi connectivity index (χ1v) is 7.40. The minimum atomic E-state index is -3.17. The number of carbonyl (C=O) groups is 1. The molecule has 1 aromatic carbocycles. The van der Waals surface area contributed by atoms with Gasteiger partial charge in [-0.1, -0.05) is 6.92 Å². The van der Waals surface area contributed by atoms with Gasteiger partial charge in [0.2, 0.25) is 5.91 Å². The molecular formula is C15H15F3N4O2. The van der Waals surface area contributed by atoms with Gasteiger partial charge < -0.3 is 10.1 Å². The quantitative estimate of drug-likeness (QED) is 0.878. The Morgan fingerprint density at radius 2 is 2.17 bits per heavy atom. The van der Waals surface area contributed by atoms with Crippen molar-refractivity contribution in [1.29, 1.82) is 0 Å². The van der Waals surface area contributed by atoms with Crippen molar-refractivity contribution in [1.82, 2.24) is 14.8 Å². The molecule has 2 aromatic rings. The number of ether oxygens (including phenoxy) is 1. The van der Waals surface area contributed by atoms with Gasteiger partial charge in [0, 0.05) is 18.1 Å². The van der Waals surface area contributed by atoms with E-state index in [1.165, 1.54) is 17.3 Å². The highest BCUT2D eigenvalue weighted by Gasteiger charge is 2.33. The highest BCUT2D eigenvalue weighted by molar-refractivity contribution is 5.94. The highest BCUT2D eigenvalue weighted by atomic mass is 19.3. The minimum absolute atomic E-state index is 0.108. The molecule has 1 aromatic heterocycles. The summed E-state index contributed by atoms with van der Waals surface area (Å²) in [6.45, 7) is -1.37. The lowest BCUT2D eigenvalue weighted by Crippen LogP contribution is -2.23. The van der Waals surface area contributed by atoms with Crippen LogP contribution < -0.4 is 10.1 Å². The summed E-state index contributed by atoms with van der Waals surface area (Å²) < 4.78 is 44.2. The first-order valence-electron chi connectivity index (χ1n) is 7.40. The van der Waals surface area contributed by atoms with Gasteiger partial charge in [-0.2, -0.15) is 13.9 Å². The Balaban J connectivity index is 1.94. The van der Waals surface area contributed by atoms with Crippen LogP contribution in [0, 0.1) is 17.7 Å². The van der Waals surface area contributed by atoms with Crippen LogP contribution in [0.25, 0.3) is 5.69 Å². The second-order valence-electron chi connectivity index (χ2n) is 5.63. The maximum atomic E-state index is 14.0. The molecular weight excluding hydrogens is 325 g/mol. The van der Waals surface area contributed by atoms with Gasteiger partial charge in [0.05, 0.1) is 11.4 Å². The smallest absolute Gasteiger partial charge is 0.387 e. The van der Waals surface area contributed by atoms with Gasteiger partial charge in [0.1, 0.15) is 12.7 Å². The third-order valence-electron chi connectivity index (χ3n) is 3.93. The van der Waals surface area contributed by atoms with Gasteiger partial charge in [-0.15, -0.1) is 0 Å². The number of halogens is 3. The van der Waals surface area contributed by atoms with E-state index in [0.29, 0.717) is 5.92 Å². The molecule has 1 aliphatic carbocycles. The summed E-state index contributed by atoms with van der Waals surface area (Å²) in [5.74, 6) is -1.79. The summed E-state index contributed by atoms with van der Waals surface area (Å²) in [6, 6.07) is 1.99. The zero-order valence-electron chi connectivity index (χ0n) is 12.7. The lowest BCUT2D eigenvalue weighted by molar-refractivity contribution is -0.119. The van der Waals surface area contributed by atoms with Crippen LogP contribution >= 0.6 is 0 Å². The molecule has 24 heavy (non-hydrogen) atoms. The number of nitrogens with one attached hydrogen (secondary N) is 1. The number of amides is 1. The normalized spacial score (nSPS) is 15.4. The Bertz CT molecular complexity index is 733. The molecule has 1 heterocycles. The topological polar surface area (TPSA) is 69.0 Å². The maximum Gasteiger partial charge on any atom is 0.387 e. The molecule has 1 unspecified atom stereocenters. The van der Waals surface area contributed by atoms with Crippen molar-refractivity contribution in [3.63, 3.8) is 0 Å². The highest BCUT2D eigenvalue weighted by Crippen LogP contribution is 2.37. The Hall–Kier alpha value is -2.58. The Kier molecular flexibility index (Phi) is 4.41. The van der Waals surface area contributed by atoms with E-state index in [-0.39, 0.29) is 23.2 Å². The number of anilines is 1. The van der Waals surface area contributed by atoms with E-state index in [4.69, 9.17) is 0 Å². The lowest BCUT2D eigenvalue weighted by Gasteiger charge is -2.16. The van der Waals surface area contributed by atoms with E-state index >= 15 is 0 Å². The van der Waals surface area contributed by atoms with Crippen LogP contribution in [0.15, 0.2) is 24.8 Å². The van der Waals surface area contributed by atoms with E-state index in [0.717, 1.165) is 25.0 Å². The van der Waals surface area contributed by atoms with Crippen molar-refractivity contribution >= 4 is 11.6 Å². The van der Waals surface area contributed by atoms with Crippen LogP contribution in [-0.2, 0) is 4.79 Å². The molecule has 1 amide bonds. The summed E-state index contributed by atoms with van der Waals surface area (Å²) in [4.78, 5) is 16.0. The average molecular weight is 340 g/mol. The molecule has 0 bridgehead atoms. The molecule has 1 N–H and O–H groups in total. The minimum Gasteiger partial charge on any atom is -0.432 e. The van der Waals surface area contributed by atoms with Gasteiger partial charge in [0.25, 0.3) is 0 Å². The fraction of sp³-hybridized carbons (Fsp3) is 0.400. The van der Waals surface area contributed by atoms with E-state index in [2.05, 4.69) is 20.1 Å². The fourth-order valence-corrected chi connectivity index (χ4v) is 2.41. The summed E-state index contributed by atoms with van der Waals surface area (Å²) in [6.07, 6.45) is 4.51.